The molecule has 21 nitrogen and oxygen atoms in total. The molecular formula is C25H44O21. The second kappa shape index (κ2) is 15.8. The van der Waals surface area contributed by atoms with Gasteiger partial charge in [0.15, 0.2) is 18.9 Å². The Bertz CT molecular complexity index is 947. The van der Waals surface area contributed by atoms with Crippen molar-refractivity contribution in [1.82, 2.24) is 0 Å². The topological polar surface area (TPSA) is 348 Å². The highest BCUT2D eigenvalue weighted by atomic mass is 16.7. The molecule has 0 aromatic carbocycles. The predicted octanol–water partition coefficient (Wildman–Crippen LogP) is -9.71. The van der Waals surface area contributed by atoms with E-state index in [4.69, 9.17) is 33.2 Å². The van der Waals surface area contributed by atoms with E-state index in [1.54, 1.807) is 0 Å². The monoisotopic (exact) mass is 680 g/mol. The van der Waals surface area contributed by atoms with Crippen molar-refractivity contribution in [3.63, 3.8) is 0 Å². The van der Waals surface area contributed by atoms with Gasteiger partial charge in [-0.2, -0.15) is 0 Å². The Kier molecular flexibility index (Phi) is 13.0. The van der Waals surface area contributed by atoms with Crippen LogP contribution in [0.1, 0.15) is 0 Å². The molecule has 4 aliphatic rings. The number of ether oxygens (including phenoxy) is 7. The molecule has 4 rings (SSSR count). The second-order valence-electron chi connectivity index (χ2n) is 11.7. The SMILES string of the molecule is CO[C@H]1[C@H](O)[C@@H](O)[C@@H](O)[C@H](O)[C@@H]1O[C@H]1O[C@H](CO[C@H]2O[C@H](CO[C@H]3O[C@H](CO)[C@H](O)[C@H](O)[C@H]3O)[C@H](O)[C@H](O)[C@H]2O)[C@H](O)[C@H](O)[C@H]1O. The van der Waals surface area contributed by atoms with Gasteiger partial charge in [-0.25, -0.2) is 0 Å². The van der Waals surface area contributed by atoms with E-state index in [9.17, 15) is 71.5 Å². The molecule has 21 heteroatoms. The fraction of sp³-hybridized carbons (Fsp3) is 1.00. The van der Waals surface area contributed by atoms with Crippen LogP contribution in [-0.4, -0.2) is 227 Å². The number of rotatable bonds is 10. The first-order valence-corrected chi connectivity index (χ1v) is 14.5. The maximum atomic E-state index is 10.5. The second-order valence-corrected chi connectivity index (χ2v) is 11.7. The molecule has 0 amide bonds. The van der Waals surface area contributed by atoms with Crippen LogP contribution in [0.3, 0.4) is 0 Å². The minimum absolute atomic E-state index is 0.645. The van der Waals surface area contributed by atoms with Gasteiger partial charge in [0.1, 0.15) is 110 Å². The molecule has 3 aliphatic heterocycles. The highest BCUT2D eigenvalue weighted by Gasteiger charge is 2.54. The Balaban J connectivity index is 1.39. The van der Waals surface area contributed by atoms with Gasteiger partial charge in [-0.15, -0.1) is 0 Å². The summed E-state index contributed by atoms with van der Waals surface area (Å²) in [5.74, 6) is 0. The van der Waals surface area contributed by atoms with Crippen molar-refractivity contribution in [2.24, 2.45) is 0 Å². The van der Waals surface area contributed by atoms with Crippen LogP contribution in [0.4, 0.5) is 0 Å². The summed E-state index contributed by atoms with van der Waals surface area (Å²) in [6.07, 6.45) is -36.4. The number of methoxy groups -OCH3 is 1. The zero-order valence-corrected chi connectivity index (χ0v) is 24.4. The van der Waals surface area contributed by atoms with Crippen LogP contribution in [0.5, 0.6) is 0 Å². The first kappa shape index (κ1) is 38.0. The Morgan fingerprint density at radius 1 is 0.413 bits per heavy atom. The highest BCUT2D eigenvalue weighted by molar-refractivity contribution is 5.01. The molecule has 0 spiro atoms. The van der Waals surface area contributed by atoms with Crippen LogP contribution in [0, 0.1) is 0 Å². The Hall–Kier alpha value is -0.840. The Morgan fingerprint density at radius 2 is 0.761 bits per heavy atom. The quantitative estimate of drug-likeness (QED) is 0.102. The summed E-state index contributed by atoms with van der Waals surface area (Å²) < 4.78 is 37.6. The molecule has 1 aliphatic carbocycles. The van der Waals surface area contributed by atoms with Gasteiger partial charge in [-0.1, -0.05) is 0 Å². The van der Waals surface area contributed by atoms with Gasteiger partial charge in [-0.05, 0) is 0 Å². The summed E-state index contributed by atoms with van der Waals surface area (Å²) in [6, 6.07) is 0. The molecule has 3 saturated heterocycles. The van der Waals surface area contributed by atoms with E-state index in [-0.39, 0.29) is 0 Å². The van der Waals surface area contributed by atoms with Crippen LogP contribution < -0.4 is 0 Å². The third-order valence-electron chi connectivity index (χ3n) is 8.65. The molecule has 46 heavy (non-hydrogen) atoms. The van der Waals surface area contributed by atoms with E-state index < -0.39 is 149 Å². The predicted molar refractivity (Wildman–Crippen MR) is 139 cm³/mol. The molecule has 4 fully saturated rings. The minimum atomic E-state index is -1.95. The first-order valence-electron chi connectivity index (χ1n) is 14.5. The van der Waals surface area contributed by atoms with Crippen LogP contribution in [0.2, 0.25) is 0 Å². The lowest BCUT2D eigenvalue weighted by Gasteiger charge is -2.47. The zero-order chi connectivity index (χ0) is 34.2. The number of aliphatic hydroxyl groups excluding tert-OH is 14. The first-order chi connectivity index (χ1) is 21.6. The number of aliphatic hydroxyl groups is 14. The van der Waals surface area contributed by atoms with E-state index >= 15 is 0 Å². The van der Waals surface area contributed by atoms with Crippen molar-refractivity contribution in [3.8, 4) is 0 Å². The Labute approximate surface area is 260 Å². The maximum Gasteiger partial charge on any atom is 0.187 e. The van der Waals surface area contributed by atoms with Crippen molar-refractivity contribution in [2.75, 3.05) is 26.9 Å². The van der Waals surface area contributed by atoms with Gasteiger partial charge in [0, 0.05) is 7.11 Å². The summed E-state index contributed by atoms with van der Waals surface area (Å²) in [6.45, 7) is -2.10. The van der Waals surface area contributed by atoms with E-state index in [1.807, 2.05) is 0 Å². The van der Waals surface area contributed by atoms with Crippen LogP contribution in [0.25, 0.3) is 0 Å². The highest BCUT2D eigenvalue weighted by Crippen LogP contribution is 2.32. The smallest absolute Gasteiger partial charge is 0.187 e. The molecule has 0 aromatic rings. The molecule has 0 radical (unpaired) electrons. The summed E-state index contributed by atoms with van der Waals surface area (Å²) in [4.78, 5) is 0. The van der Waals surface area contributed by atoms with Gasteiger partial charge >= 0.3 is 0 Å². The van der Waals surface area contributed by atoms with Gasteiger partial charge in [0.2, 0.25) is 0 Å². The molecule has 0 aromatic heterocycles. The molecule has 3 heterocycles. The molecule has 21 atom stereocenters. The third kappa shape index (κ3) is 7.50. The van der Waals surface area contributed by atoms with E-state index in [0.717, 1.165) is 7.11 Å². The van der Waals surface area contributed by atoms with Crippen LogP contribution >= 0.6 is 0 Å². The lowest BCUT2D eigenvalue weighted by atomic mass is 9.84. The Morgan fingerprint density at radius 3 is 1.20 bits per heavy atom. The van der Waals surface area contributed by atoms with Crippen molar-refractivity contribution in [1.29, 1.82) is 0 Å². The molecule has 14 N–H and O–H groups in total. The van der Waals surface area contributed by atoms with E-state index in [2.05, 4.69) is 0 Å². The third-order valence-corrected chi connectivity index (χ3v) is 8.65. The number of hydrogen-bond donors (Lipinski definition) is 14. The standard InChI is InChI=1S/C25H44O21/c1-40-21-16(35)14(33)15(34)17(36)22(21)46-25-20(39)13(32)10(29)7(45-25)4-42-24-19(38)12(31)9(28)6(44-24)3-41-23-18(37)11(30)8(27)5(2-26)43-23/h5-39H,2-4H2,1H3/t5-,6-,7-,8+,9+,10+,11+,12+,13+,14+,15-,16-,17+,18-,19-,20-,21+,22+,23+,24+,25-/m1/s1. The largest absolute Gasteiger partial charge is 0.394 e. The summed E-state index contributed by atoms with van der Waals surface area (Å²) in [7, 11) is 1.11. The summed E-state index contributed by atoms with van der Waals surface area (Å²) in [5.41, 5.74) is 0. The van der Waals surface area contributed by atoms with Crippen LogP contribution in [0.15, 0.2) is 0 Å². The van der Waals surface area contributed by atoms with Gasteiger partial charge in [-0.3, -0.25) is 0 Å². The number of hydrogen-bond acceptors (Lipinski definition) is 21. The molecule has 0 bridgehead atoms. The fourth-order valence-electron chi connectivity index (χ4n) is 5.71. The van der Waals surface area contributed by atoms with Gasteiger partial charge < -0.3 is 105 Å². The molecular weight excluding hydrogens is 636 g/mol. The molecule has 1 saturated carbocycles. The lowest BCUT2D eigenvalue weighted by Crippen LogP contribution is -2.67. The molecule has 0 unspecified atom stereocenters. The lowest BCUT2D eigenvalue weighted by molar-refractivity contribution is -0.355. The fourth-order valence-corrected chi connectivity index (χ4v) is 5.71. The van der Waals surface area contributed by atoms with Gasteiger partial charge in [0.25, 0.3) is 0 Å². The van der Waals surface area contributed by atoms with Crippen molar-refractivity contribution >= 4 is 0 Å². The minimum Gasteiger partial charge on any atom is -0.394 e. The van der Waals surface area contributed by atoms with Crippen molar-refractivity contribution < 1.29 is 105 Å². The average Bonchev–Trinajstić information content (AvgIpc) is 3.04. The average molecular weight is 681 g/mol. The summed E-state index contributed by atoms with van der Waals surface area (Å²) in [5, 5.41) is 143. The molecule has 270 valence electrons. The van der Waals surface area contributed by atoms with E-state index in [0.29, 0.717) is 0 Å². The maximum absolute atomic E-state index is 10.5. The van der Waals surface area contributed by atoms with Crippen molar-refractivity contribution in [3.05, 3.63) is 0 Å². The zero-order valence-electron chi connectivity index (χ0n) is 24.4. The van der Waals surface area contributed by atoms with Gasteiger partial charge in [0.05, 0.1) is 19.8 Å². The normalized spacial score (nSPS) is 53.7. The van der Waals surface area contributed by atoms with Crippen molar-refractivity contribution in [2.45, 2.75) is 129 Å². The van der Waals surface area contributed by atoms with E-state index in [1.165, 1.54) is 0 Å². The van der Waals surface area contributed by atoms with Crippen LogP contribution in [-0.2, 0) is 33.2 Å². The summed E-state index contributed by atoms with van der Waals surface area (Å²) >= 11 is 0.